The van der Waals surface area contributed by atoms with Crippen LogP contribution in [0.3, 0.4) is 0 Å². The minimum Gasteiger partial charge on any atom is -0.504 e. The molecule has 0 heterocycles. The summed E-state index contributed by atoms with van der Waals surface area (Å²) < 4.78 is 5.01. The van der Waals surface area contributed by atoms with Crippen molar-refractivity contribution in [2.45, 2.75) is 19.8 Å². The first-order chi connectivity index (χ1) is 6.70. The summed E-state index contributed by atoms with van der Waals surface area (Å²) in [4.78, 5) is 0. The molecule has 3 heteroatoms. The van der Waals surface area contributed by atoms with Gasteiger partial charge < -0.3 is 14.9 Å². The minimum atomic E-state index is 0.135. The second-order valence-corrected chi connectivity index (χ2v) is 3.24. The lowest BCUT2D eigenvalue weighted by Crippen LogP contribution is -1.95. The Labute approximate surface area is 84.0 Å². The molecule has 0 fully saturated rings. The van der Waals surface area contributed by atoms with Crippen LogP contribution in [0.15, 0.2) is 12.1 Å². The zero-order chi connectivity index (χ0) is 10.6. The molecule has 0 saturated carbocycles. The van der Waals surface area contributed by atoms with Crippen LogP contribution in [0.4, 0.5) is 0 Å². The van der Waals surface area contributed by atoms with E-state index in [9.17, 15) is 5.11 Å². The number of aliphatic hydroxyl groups excluding tert-OH is 1. The Morgan fingerprint density at radius 3 is 2.64 bits per heavy atom. The molecule has 0 aliphatic heterocycles. The third-order valence-corrected chi connectivity index (χ3v) is 2.28. The van der Waals surface area contributed by atoms with Crippen molar-refractivity contribution in [1.82, 2.24) is 0 Å². The van der Waals surface area contributed by atoms with E-state index in [0.717, 1.165) is 11.1 Å². The normalized spacial score (nSPS) is 10.2. The molecule has 14 heavy (non-hydrogen) atoms. The summed E-state index contributed by atoms with van der Waals surface area (Å²) in [5.74, 6) is 0.685. The molecule has 3 nitrogen and oxygen atoms in total. The van der Waals surface area contributed by atoms with Crippen LogP contribution < -0.4 is 4.74 Å². The van der Waals surface area contributed by atoms with Crippen LogP contribution in [-0.4, -0.2) is 23.9 Å². The van der Waals surface area contributed by atoms with Crippen molar-refractivity contribution in [2.75, 3.05) is 13.7 Å². The number of methoxy groups -OCH3 is 1. The molecule has 2 N–H and O–H groups in total. The van der Waals surface area contributed by atoms with Crippen molar-refractivity contribution in [3.63, 3.8) is 0 Å². The van der Waals surface area contributed by atoms with Crippen LogP contribution in [-0.2, 0) is 6.42 Å². The second kappa shape index (κ2) is 4.86. The molecule has 0 aliphatic rings. The second-order valence-electron chi connectivity index (χ2n) is 3.24. The van der Waals surface area contributed by atoms with Crippen LogP contribution in [0.5, 0.6) is 11.5 Å². The smallest absolute Gasteiger partial charge is 0.161 e. The topological polar surface area (TPSA) is 49.7 Å². The first-order valence-electron chi connectivity index (χ1n) is 4.67. The highest BCUT2D eigenvalue weighted by molar-refractivity contribution is 5.49. The van der Waals surface area contributed by atoms with Gasteiger partial charge in [0.25, 0.3) is 0 Å². The molecule has 0 saturated heterocycles. The van der Waals surface area contributed by atoms with Gasteiger partial charge in [0.1, 0.15) is 0 Å². The van der Waals surface area contributed by atoms with E-state index in [0.29, 0.717) is 18.6 Å². The molecule has 0 amide bonds. The summed E-state index contributed by atoms with van der Waals surface area (Å²) in [6, 6.07) is 3.65. The molecular weight excluding hydrogens is 180 g/mol. The Morgan fingerprint density at radius 2 is 2.07 bits per heavy atom. The minimum absolute atomic E-state index is 0.135. The molecule has 0 radical (unpaired) electrons. The van der Waals surface area contributed by atoms with E-state index >= 15 is 0 Å². The molecule has 1 rings (SSSR count). The largest absolute Gasteiger partial charge is 0.504 e. The number of hydrogen-bond donors (Lipinski definition) is 2. The van der Waals surface area contributed by atoms with Gasteiger partial charge in [0.15, 0.2) is 11.5 Å². The summed E-state index contributed by atoms with van der Waals surface area (Å²) in [6.07, 6.45) is 1.33. The zero-order valence-electron chi connectivity index (χ0n) is 8.58. The number of aromatic hydroxyl groups is 1. The molecule has 0 aliphatic carbocycles. The quantitative estimate of drug-likeness (QED) is 0.769. The van der Waals surface area contributed by atoms with Gasteiger partial charge >= 0.3 is 0 Å². The Bertz CT molecular complexity index is 308. The first kappa shape index (κ1) is 10.9. The van der Waals surface area contributed by atoms with E-state index in [4.69, 9.17) is 9.84 Å². The Balaban J connectivity index is 2.99. The Morgan fingerprint density at radius 1 is 1.36 bits per heavy atom. The van der Waals surface area contributed by atoms with Gasteiger partial charge in [-0.3, -0.25) is 0 Å². The highest BCUT2D eigenvalue weighted by Crippen LogP contribution is 2.32. The third kappa shape index (κ3) is 2.17. The van der Waals surface area contributed by atoms with Crippen LogP contribution >= 0.6 is 0 Å². The molecule has 0 aromatic heterocycles. The first-order valence-corrected chi connectivity index (χ1v) is 4.67. The number of aliphatic hydroxyl groups is 1. The molecule has 78 valence electrons. The van der Waals surface area contributed by atoms with Gasteiger partial charge in [-0.25, -0.2) is 0 Å². The predicted octanol–water partition coefficient (Wildman–Crippen LogP) is 1.63. The summed E-state index contributed by atoms with van der Waals surface area (Å²) in [5.41, 5.74) is 1.88. The predicted molar refractivity (Wildman–Crippen MR) is 54.8 cm³/mol. The number of phenolic OH excluding ortho intramolecular Hbond substituents is 1. The summed E-state index contributed by atoms with van der Waals surface area (Å²) in [5, 5.41) is 18.5. The Kier molecular flexibility index (Phi) is 3.77. The number of hydrogen-bond acceptors (Lipinski definition) is 3. The zero-order valence-corrected chi connectivity index (χ0v) is 8.58. The summed E-state index contributed by atoms with van der Waals surface area (Å²) in [7, 11) is 1.53. The molecular formula is C11H16O3. The van der Waals surface area contributed by atoms with Gasteiger partial charge in [0.2, 0.25) is 0 Å². The molecule has 1 aromatic carbocycles. The van der Waals surface area contributed by atoms with Crippen LogP contribution in [0.2, 0.25) is 0 Å². The van der Waals surface area contributed by atoms with E-state index in [1.807, 2.05) is 13.0 Å². The lowest BCUT2D eigenvalue weighted by Gasteiger charge is -2.11. The fraction of sp³-hybridized carbons (Fsp3) is 0.455. The number of aryl methyl sites for hydroxylation is 1. The van der Waals surface area contributed by atoms with Crippen LogP contribution in [0, 0.1) is 6.92 Å². The van der Waals surface area contributed by atoms with Gasteiger partial charge in [-0.1, -0.05) is 6.07 Å². The average Bonchev–Trinajstić information content (AvgIpc) is 2.18. The fourth-order valence-electron chi connectivity index (χ4n) is 1.45. The molecule has 0 unspecified atom stereocenters. The molecule has 0 bridgehead atoms. The maximum absolute atomic E-state index is 9.79. The Hall–Kier alpha value is -1.22. The average molecular weight is 196 g/mol. The highest BCUT2D eigenvalue weighted by Gasteiger charge is 2.09. The van der Waals surface area contributed by atoms with E-state index in [2.05, 4.69) is 0 Å². The van der Waals surface area contributed by atoms with Gasteiger partial charge in [-0.15, -0.1) is 0 Å². The van der Waals surface area contributed by atoms with E-state index in [1.165, 1.54) is 7.11 Å². The lowest BCUT2D eigenvalue weighted by atomic mass is 10.0. The maximum atomic E-state index is 9.79. The number of ether oxygens (including phenoxy) is 1. The standard InChI is InChI=1S/C11H16O3/c1-8-5-6-10(14-2)11(13)9(8)4-3-7-12/h5-6,12-13H,3-4,7H2,1-2H3. The van der Waals surface area contributed by atoms with Gasteiger partial charge in [-0.2, -0.15) is 0 Å². The van der Waals surface area contributed by atoms with Crippen molar-refractivity contribution in [3.8, 4) is 11.5 Å². The van der Waals surface area contributed by atoms with Crippen LogP contribution in [0.25, 0.3) is 0 Å². The maximum Gasteiger partial charge on any atom is 0.161 e. The van der Waals surface area contributed by atoms with Crippen LogP contribution in [0.1, 0.15) is 17.5 Å². The molecule has 0 spiro atoms. The van der Waals surface area contributed by atoms with E-state index in [-0.39, 0.29) is 12.4 Å². The number of phenols is 1. The van der Waals surface area contributed by atoms with Crippen molar-refractivity contribution >= 4 is 0 Å². The lowest BCUT2D eigenvalue weighted by molar-refractivity contribution is 0.287. The van der Waals surface area contributed by atoms with Crippen molar-refractivity contribution in [1.29, 1.82) is 0 Å². The van der Waals surface area contributed by atoms with Crippen molar-refractivity contribution < 1.29 is 14.9 Å². The van der Waals surface area contributed by atoms with Crippen molar-refractivity contribution in [3.05, 3.63) is 23.3 Å². The fourth-order valence-corrected chi connectivity index (χ4v) is 1.45. The molecule has 1 aromatic rings. The monoisotopic (exact) mass is 196 g/mol. The summed E-state index contributed by atoms with van der Waals surface area (Å²) >= 11 is 0. The number of benzene rings is 1. The van der Waals surface area contributed by atoms with Gasteiger partial charge in [0, 0.05) is 12.2 Å². The number of rotatable bonds is 4. The van der Waals surface area contributed by atoms with Crippen molar-refractivity contribution in [2.24, 2.45) is 0 Å². The van der Waals surface area contributed by atoms with Gasteiger partial charge in [0.05, 0.1) is 7.11 Å². The van der Waals surface area contributed by atoms with E-state index < -0.39 is 0 Å². The van der Waals surface area contributed by atoms with Gasteiger partial charge in [-0.05, 0) is 31.4 Å². The third-order valence-electron chi connectivity index (χ3n) is 2.28. The highest BCUT2D eigenvalue weighted by atomic mass is 16.5. The molecule has 0 atom stereocenters. The summed E-state index contributed by atoms with van der Waals surface area (Å²) in [6.45, 7) is 2.07. The van der Waals surface area contributed by atoms with E-state index in [1.54, 1.807) is 6.07 Å². The SMILES string of the molecule is COc1ccc(C)c(CCCO)c1O.